The van der Waals surface area contributed by atoms with E-state index in [0.717, 1.165) is 4.57 Å². The molecular weight excluding hydrogens is 466 g/mol. The third kappa shape index (κ3) is 3.12. The summed E-state index contributed by atoms with van der Waals surface area (Å²) in [5.41, 5.74) is 0.122. The van der Waals surface area contributed by atoms with E-state index in [-0.39, 0.29) is 21.5 Å². The van der Waals surface area contributed by atoms with E-state index in [1.807, 2.05) is 0 Å². The molecule has 0 amide bonds. The molecule has 0 saturated carbocycles. The van der Waals surface area contributed by atoms with Crippen LogP contribution >= 0.6 is 11.6 Å². The molecule has 1 fully saturated rings. The highest BCUT2D eigenvalue weighted by atomic mass is 35.5. The third-order valence-corrected chi connectivity index (χ3v) is 5.90. The van der Waals surface area contributed by atoms with Gasteiger partial charge < -0.3 is 51.1 Å². The maximum Gasteiger partial charge on any atom is 0.297 e. The molecule has 3 aromatic rings. The van der Waals surface area contributed by atoms with Gasteiger partial charge in [0, 0.05) is 10.6 Å². The Morgan fingerprint density at radius 2 is 1.30 bits per heavy atom. The molecule has 2 aromatic carbocycles. The number of benzene rings is 2. The minimum Gasteiger partial charge on any atom is -0.356 e. The van der Waals surface area contributed by atoms with Crippen molar-refractivity contribution in [2.24, 2.45) is 0 Å². The molecule has 14 heteroatoms. The predicted octanol–water partition coefficient (Wildman–Crippen LogP) is -3.21. The number of fused-ring (bicyclic) bond motifs is 1. The maximum atomic E-state index is 11.0. The summed E-state index contributed by atoms with van der Waals surface area (Å²) in [5, 5.41) is 103. The second-order valence-corrected chi connectivity index (χ2v) is 8.13. The Balaban J connectivity index is 1.91. The number of rotatable bonds is 4. The molecule has 1 saturated heterocycles. The average Bonchev–Trinajstić information content (AvgIpc) is 3.12. The summed E-state index contributed by atoms with van der Waals surface area (Å²) in [6.45, 7) is -1.17. The Labute approximate surface area is 189 Å². The summed E-state index contributed by atoms with van der Waals surface area (Å²) >= 11 is 5.85. The van der Waals surface area contributed by atoms with Crippen LogP contribution in [0.15, 0.2) is 48.5 Å². The van der Waals surface area contributed by atoms with E-state index in [1.165, 1.54) is 42.5 Å². The zero-order chi connectivity index (χ0) is 24.6. The van der Waals surface area contributed by atoms with Crippen LogP contribution in [0.5, 0.6) is 0 Å². The number of para-hydroxylation sites is 2. The number of halogens is 1. The minimum absolute atomic E-state index is 0.0909. The second kappa shape index (κ2) is 7.13. The van der Waals surface area contributed by atoms with Crippen LogP contribution in [0, 0.1) is 0 Å². The van der Waals surface area contributed by atoms with Crippen LogP contribution in [0.2, 0.25) is 5.02 Å². The van der Waals surface area contributed by atoms with Gasteiger partial charge in [-0.2, -0.15) is 4.90 Å². The standard InChI is InChI=1S/C19H20ClN3O10/c20-11-7-5-10(6-8-11)15(24,25)23-13-4-2-1-3-12(13)21-14(23)9-22-18(30,31)16(26,27)17(28,29)19(22,32)33/h1-8,24-33H,9H2. The van der Waals surface area contributed by atoms with Gasteiger partial charge in [0.15, 0.2) is 0 Å². The topological polar surface area (TPSA) is 223 Å². The lowest BCUT2D eigenvalue weighted by atomic mass is 10.1. The van der Waals surface area contributed by atoms with Crippen molar-refractivity contribution in [1.29, 1.82) is 0 Å². The van der Waals surface area contributed by atoms with Crippen molar-refractivity contribution in [2.75, 3.05) is 0 Å². The maximum absolute atomic E-state index is 11.0. The van der Waals surface area contributed by atoms with Gasteiger partial charge in [-0.05, 0) is 24.3 Å². The molecule has 0 radical (unpaired) electrons. The highest BCUT2D eigenvalue weighted by Crippen LogP contribution is 2.48. The van der Waals surface area contributed by atoms with E-state index < -0.39 is 41.7 Å². The van der Waals surface area contributed by atoms with Crippen LogP contribution < -0.4 is 0 Å². The van der Waals surface area contributed by atoms with Gasteiger partial charge in [-0.15, -0.1) is 0 Å². The summed E-state index contributed by atoms with van der Waals surface area (Å²) in [5.74, 6) is -20.0. The molecule has 0 aliphatic carbocycles. The molecule has 0 atom stereocenters. The van der Waals surface area contributed by atoms with Gasteiger partial charge in [0.2, 0.25) is 0 Å². The van der Waals surface area contributed by atoms with Gasteiger partial charge >= 0.3 is 0 Å². The summed E-state index contributed by atoms with van der Waals surface area (Å²) in [4.78, 5) is 3.81. The van der Waals surface area contributed by atoms with Crippen LogP contribution in [0.1, 0.15) is 11.4 Å². The molecule has 4 rings (SSSR count). The third-order valence-electron chi connectivity index (χ3n) is 5.65. The Bertz CT molecular complexity index is 1180. The number of hydrogen-bond acceptors (Lipinski definition) is 12. The molecule has 10 N–H and O–H groups in total. The van der Waals surface area contributed by atoms with E-state index in [1.54, 1.807) is 6.07 Å². The van der Waals surface area contributed by atoms with Gasteiger partial charge in [-0.1, -0.05) is 35.9 Å². The van der Waals surface area contributed by atoms with Crippen LogP contribution in [-0.4, -0.2) is 88.9 Å². The van der Waals surface area contributed by atoms with E-state index in [2.05, 4.69) is 4.98 Å². The quantitative estimate of drug-likeness (QED) is 0.165. The summed E-state index contributed by atoms with van der Waals surface area (Å²) in [7, 11) is 0. The van der Waals surface area contributed by atoms with Crippen molar-refractivity contribution in [2.45, 2.75) is 35.9 Å². The van der Waals surface area contributed by atoms with Gasteiger partial charge in [-0.25, -0.2) is 4.98 Å². The summed E-state index contributed by atoms with van der Waals surface area (Å²) in [6.07, 6.45) is 0. The lowest BCUT2D eigenvalue weighted by molar-refractivity contribution is -0.452. The first-order valence-corrected chi connectivity index (χ1v) is 9.69. The number of likely N-dealkylation sites (tertiary alicyclic amines) is 1. The minimum atomic E-state index is -4.29. The van der Waals surface area contributed by atoms with Crippen LogP contribution in [-0.2, 0) is 12.5 Å². The number of nitrogens with zero attached hydrogens (tertiary/aromatic N) is 3. The molecule has 13 nitrogen and oxygen atoms in total. The van der Waals surface area contributed by atoms with Gasteiger partial charge in [0.25, 0.3) is 29.3 Å². The Morgan fingerprint density at radius 3 is 1.85 bits per heavy atom. The Morgan fingerprint density at radius 1 is 0.788 bits per heavy atom. The van der Waals surface area contributed by atoms with Crippen molar-refractivity contribution in [1.82, 2.24) is 14.5 Å². The predicted molar refractivity (Wildman–Crippen MR) is 107 cm³/mol. The molecular formula is C19H20ClN3O10. The molecule has 178 valence electrons. The van der Waals surface area contributed by atoms with Gasteiger partial charge in [0.1, 0.15) is 5.82 Å². The Kier molecular flexibility index (Phi) is 5.16. The number of hydrogen-bond donors (Lipinski definition) is 10. The first kappa shape index (κ1) is 23.9. The fourth-order valence-corrected chi connectivity index (χ4v) is 3.88. The van der Waals surface area contributed by atoms with Crippen LogP contribution in [0.4, 0.5) is 0 Å². The Hall–Kier alpha value is -2.24. The average molecular weight is 486 g/mol. The van der Waals surface area contributed by atoms with Crippen molar-refractivity contribution >= 4 is 22.6 Å². The summed E-state index contributed by atoms with van der Waals surface area (Å²) in [6, 6.07) is 11.3. The van der Waals surface area contributed by atoms with Crippen molar-refractivity contribution in [3.63, 3.8) is 0 Å². The molecule has 0 spiro atoms. The lowest BCUT2D eigenvalue weighted by Crippen LogP contribution is -2.66. The highest BCUT2D eigenvalue weighted by Gasteiger charge is 2.83. The van der Waals surface area contributed by atoms with Crippen LogP contribution in [0.3, 0.4) is 0 Å². The summed E-state index contributed by atoms with van der Waals surface area (Å²) < 4.78 is 0.781. The lowest BCUT2D eigenvalue weighted by Gasteiger charge is -2.35. The number of imidazole rings is 1. The molecule has 33 heavy (non-hydrogen) atoms. The van der Waals surface area contributed by atoms with Crippen molar-refractivity contribution < 1.29 is 51.1 Å². The van der Waals surface area contributed by atoms with Crippen LogP contribution in [0.25, 0.3) is 11.0 Å². The molecule has 1 aliphatic heterocycles. The van der Waals surface area contributed by atoms with E-state index in [0.29, 0.717) is 5.02 Å². The van der Waals surface area contributed by atoms with E-state index in [9.17, 15) is 51.1 Å². The number of aromatic nitrogens is 2. The van der Waals surface area contributed by atoms with Crippen molar-refractivity contribution in [3.8, 4) is 0 Å². The fourth-order valence-electron chi connectivity index (χ4n) is 3.76. The van der Waals surface area contributed by atoms with Gasteiger partial charge in [-0.3, -0.25) is 4.57 Å². The first-order chi connectivity index (χ1) is 15.1. The smallest absolute Gasteiger partial charge is 0.297 e. The largest absolute Gasteiger partial charge is 0.356 e. The normalized spacial score (nSPS) is 21.5. The zero-order valence-corrected chi connectivity index (χ0v) is 17.3. The molecule has 0 bridgehead atoms. The highest BCUT2D eigenvalue weighted by molar-refractivity contribution is 6.30. The number of aliphatic hydroxyl groups is 10. The fraction of sp³-hybridized carbons (Fsp3) is 0.316. The van der Waals surface area contributed by atoms with E-state index in [4.69, 9.17) is 11.6 Å². The SMILES string of the molecule is OC(O)(c1ccc(Cl)cc1)n1c(CN2C(O)(O)C(O)(O)C(O)(O)C2(O)O)nc2ccccc21. The monoisotopic (exact) mass is 485 g/mol. The second-order valence-electron chi connectivity index (χ2n) is 7.70. The first-order valence-electron chi connectivity index (χ1n) is 9.31. The molecule has 0 unspecified atom stereocenters. The molecule has 1 aromatic heterocycles. The molecule has 1 aliphatic rings. The molecule has 2 heterocycles. The van der Waals surface area contributed by atoms with Gasteiger partial charge in [0.05, 0.1) is 17.6 Å². The van der Waals surface area contributed by atoms with E-state index >= 15 is 0 Å². The van der Waals surface area contributed by atoms with Crippen molar-refractivity contribution in [3.05, 3.63) is 64.9 Å². The zero-order valence-electron chi connectivity index (χ0n) is 16.5.